The molecule has 0 spiro atoms. The van der Waals surface area contributed by atoms with E-state index in [9.17, 15) is 9.90 Å². The number of carbonyl (C=O) groups is 1. The van der Waals surface area contributed by atoms with Gasteiger partial charge in [0.2, 0.25) is 5.95 Å². The number of halogens is 3. The second-order valence-corrected chi connectivity index (χ2v) is 12.2. The first-order valence-electron chi connectivity index (χ1n) is 14.0. The van der Waals surface area contributed by atoms with Crippen LogP contribution in [0.25, 0.3) is 22.3 Å². The highest BCUT2D eigenvalue weighted by atomic mass is 35.5. The van der Waals surface area contributed by atoms with Gasteiger partial charge in [-0.1, -0.05) is 11.6 Å². The first kappa shape index (κ1) is 29.2. The van der Waals surface area contributed by atoms with E-state index in [4.69, 9.17) is 16.3 Å². The third kappa shape index (κ3) is 5.17. The molecule has 2 atom stereocenters. The molecule has 2 aliphatic heterocycles. The third-order valence-corrected chi connectivity index (χ3v) is 8.24. The molecule has 0 saturated carbocycles. The minimum Gasteiger partial charge on any atom is -0.488 e. The Bertz CT molecular complexity index is 1750. The predicted octanol–water partition coefficient (Wildman–Crippen LogP) is 5.13. The normalized spacial score (nSPS) is 18.4. The van der Waals surface area contributed by atoms with Crippen molar-refractivity contribution in [3.05, 3.63) is 58.5 Å². The summed E-state index contributed by atoms with van der Waals surface area (Å²) in [6.45, 7) is 6.45. The number of anilines is 2. The number of amides is 1. The molecule has 4 aromatic rings. The molecule has 2 aliphatic rings. The average molecular weight is 612 g/mol. The van der Waals surface area contributed by atoms with E-state index in [2.05, 4.69) is 25.2 Å². The molecule has 226 valence electrons. The number of nitrogens with one attached hydrogen (secondary N) is 1. The smallest absolute Gasteiger partial charge is 0.256 e. The molecule has 4 heterocycles. The number of nitrogens with zero attached hydrogens (tertiary/aromatic N) is 6. The van der Waals surface area contributed by atoms with Gasteiger partial charge in [0, 0.05) is 30.4 Å². The first-order chi connectivity index (χ1) is 20.3. The van der Waals surface area contributed by atoms with Crippen molar-refractivity contribution in [2.24, 2.45) is 0 Å². The number of imidazole rings is 1. The Kier molecular flexibility index (Phi) is 7.26. The van der Waals surface area contributed by atoms with E-state index >= 15 is 8.78 Å². The van der Waals surface area contributed by atoms with Gasteiger partial charge in [-0.15, -0.1) is 0 Å². The van der Waals surface area contributed by atoms with Crippen LogP contribution in [0.3, 0.4) is 0 Å². The number of rotatable bonds is 6. The molecule has 2 aromatic heterocycles. The van der Waals surface area contributed by atoms with Crippen LogP contribution in [0.4, 0.5) is 20.4 Å². The summed E-state index contributed by atoms with van der Waals surface area (Å²) >= 11 is 6.50. The van der Waals surface area contributed by atoms with Crippen molar-refractivity contribution >= 4 is 40.2 Å². The van der Waals surface area contributed by atoms with Crippen LogP contribution in [0.2, 0.25) is 5.02 Å². The van der Waals surface area contributed by atoms with Crippen LogP contribution in [0.1, 0.15) is 49.4 Å². The van der Waals surface area contributed by atoms with Gasteiger partial charge in [0.15, 0.2) is 11.6 Å². The van der Waals surface area contributed by atoms with Crippen molar-refractivity contribution in [3.63, 3.8) is 0 Å². The van der Waals surface area contributed by atoms with Crippen molar-refractivity contribution in [2.75, 3.05) is 39.1 Å². The quantitative estimate of drug-likeness (QED) is 0.309. The summed E-state index contributed by atoms with van der Waals surface area (Å²) in [4.78, 5) is 29.8. The van der Waals surface area contributed by atoms with Crippen molar-refractivity contribution in [1.29, 1.82) is 0 Å². The molecule has 0 bridgehead atoms. The van der Waals surface area contributed by atoms with Crippen molar-refractivity contribution in [3.8, 4) is 17.0 Å². The van der Waals surface area contributed by atoms with Crippen LogP contribution in [-0.2, 0) is 5.60 Å². The average Bonchev–Trinajstić information content (AvgIpc) is 3.60. The zero-order chi connectivity index (χ0) is 30.8. The number of ether oxygens (including phenoxy) is 1. The number of benzene rings is 2. The lowest BCUT2D eigenvalue weighted by molar-refractivity contribution is 0.0615. The van der Waals surface area contributed by atoms with Gasteiger partial charge in [-0.25, -0.2) is 23.7 Å². The maximum absolute atomic E-state index is 15.5. The molecule has 1 saturated heterocycles. The molecule has 2 N–H and O–H groups in total. The van der Waals surface area contributed by atoms with E-state index in [-0.39, 0.29) is 57.9 Å². The standard InChI is InChI=1S/C30H32ClF2N7O3/c1-15-14-43-26-19(11-22(33)24-25(26)40(15)28(36-24)30(2,3)42)23-20(31)12-34-29(37-23)35-16-6-7-18(21(32)10-16)27(41)39-9-8-17(13-39)38(4)5/h6-7,10-12,15,17,42H,8-9,13-14H2,1-5H3,(H,34,35,37)/t15-,17+/m0/s1. The van der Waals surface area contributed by atoms with Crippen LogP contribution in [-0.4, -0.2) is 80.2 Å². The minimum atomic E-state index is -1.32. The second kappa shape index (κ2) is 10.7. The molecule has 1 amide bonds. The van der Waals surface area contributed by atoms with E-state index in [1.54, 1.807) is 29.4 Å². The Hall–Kier alpha value is -3.87. The second-order valence-electron chi connectivity index (χ2n) is 11.8. The van der Waals surface area contributed by atoms with E-state index in [1.807, 2.05) is 21.0 Å². The molecule has 6 rings (SSSR count). The molecular weight excluding hydrogens is 580 g/mol. The van der Waals surface area contributed by atoms with Gasteiger partial charge in [0.25, 0.3) is 5.91 Å². The van der Waals surface area contributed by atoms with Crippen LogP contribution in [0, 0.1) is 11.6 Å². The van der Waals surface area contributed by atoms with E-state index in [0.29, 0.717) is 35.9 Å². The Balaban J connectivity index is 1.32. The molecule has 0 unspecified atom stereocenters. The largest absolute Gasteiger partial charge is 0.488 e. The molecule has 2 aromatic carbocycles. The summed E-state index contributed by atoms with van der Waals surface area (Å²) in [5.41, 5.74) is -0.0794. The number of likely N-dealkylation sites (N-methyl/N-ethyl adjacent to an activating group) is 1. The number of aromatic nitrogens is 4. The highest BCUT2D eigenvalue weighted by Gasteiger charge is 2.35. The fraction of sp³-hybridized carbons (Fsp3) is 0.400. The lowest BCUT2D eigenvalue weighted by Crippen LogP contribution is -2.34. The fourth-order valence-electron chi connectivity index (χ4n) is 5.70. The number of hydrogen-bond acceptors (Lipinski definition) is 8. The van der Waals surface area contributed by atoms with E-state index < -0.39 is 17.2 Å². The zero-order valence-electron chi connectivity index (χ0n) is 24.5. The highest BCUT2D eigenvalue weighted by molar-refractivity contribution is 6.33. The van der Waals surface area contributed by atoms with Crippen molar-refractivity contribution in [2.45, 2.75) is 44.9 Å². The lowest BCUT2D eigenvalue weighted by atomic mass is 10.1. The third-order valence-electron chi connectivity index (χ3n) is 7.96. The number of hydrogen-bond donors (Lipinski definition) is 2. The van der Waals surface area contributed by atoms with Gasteiger partial charge in [-0.05, 0) is 65.6 Å². The van der Waals surface area contributed by atoms with Crippen LogP contribution in [0.5, 0.6) is 5.75 Å². The minimum absolute atomic E-state index is 0.0149. The summed E-state index contributed by atoms with van der Waals surface area (Å²) in [6, 6.07) is 5.49. The first-order valence-corrected chi connectivity index (χ1v) is 14.4. The van der Waals surface area contributed by atoms with Gasteiger partial charge in [0.1, 0.15) is 34.9 Å². The predicted molar refractivity (Wildman–Crippen MR) is 159 cm³/mol. The van der Waals surface area contributed by atoms with Crippen LogP contribution in [0.15, 0.2) is 30.5 Å². The molecule has 1 fully saturated rings. The van der Waals surface area contributed by atoms with E-state index in [0.717, 1.165) is 6.42 Å². The Morgan fingerprint density at radius 3 is 2.65 bits per heavy atom. The van der Waals surface area contributed by atoms with Gasteiger partial charge in [-0.2, -0.15) is 0 Å². The summed E-state index contributed by atoms with van der Waals surface area (Å²) < 4.78 is 38.5. The Morgan fingerprint density at radius 2 is 1.98 bits per heavy atom. The summed E-state index contributed by atoms with van der Waals surface area (Å²) in [6.07, 6.45) is 2.19. The topological polar surface area (TPSA) is 109 Å². The number of carbonyl (C=O) groups excluding carboxylic acids is 1. The summed E-state index contributed by atoms with van der Waals surface area (Å²) in [7, 11) is 3.93. The van der Waals surface area contributed by atoms with Gasteiger partial charge < -0.3 is 29.5 Å². The monoisotopic (exact) mass is 611 g/mol. The van der Waals surface area contributed by atoms with Crippen molar-refractivity contribution in [1.82, 2.24) is 29.3 Å². The molecule has 0 aliphatic carbocycles. The maximum Gasteiger partial charge on any atom is 0.256 e. The zero-order valence-corrected chi connectivity index (χ0v) is 25.2. The maximum atomic E-state index is 15.5. The summed E-state index contributed by atoms with van der Waals surface area (Å²) in [5.74, 6) is -0.931. The van der Waals surface area contributed by atoms with Crippen molar-refractivity contribution < 1.29 is 23.4 Å². The van der Waals surface area contributed by atoms with Gasteiger partial charge in [0.05, 0.1) is 28.5 Å². The highest BCUT2D eigenvalue weighted by Crippen LogP contribution is 2.45. The Morgan fingerprint density at radius 1 is 1.21 bits per heavy atom. The molecule has 43 heavy (non-hydrogen) atoms. The number of likely N-dealkylation sites (tertiary alicyclic amines) is 1. The van der Waals surface area contributed by atoms with Crippen LogP contribution >= 0.6 is 11.6 Å². The van der Waals surface area contributed by atoms with Gasteiger partial charge >= 0.3 is 0 Å². The summed E-state index contributed by atoms with van der Waals surface area (Å²) in [5, 5.41) is 13.8. The van der Waals surface area contributed by atoms with E-state index in [1.165, 1.54) is 24.4 Å². The lowest BCUT2D eigenvalue weighted by Gasteiger charge is -2.28. The number of aliphatic hydroxyl groups is 1. The van der Waals surface area contributed by atoms with Gasteiger partial charge in [-0.3, -0.25) is 4.79 Å². The molecule has 10 nitrogen and oxygen atoms in total. The fourth-order valence-corrected chi connectivity index (χ4v) is 5.89. The molecule has 13 heteroatoms. The molecule has 0 radical (unpaired) electrons. The van der Waals surface area contributed by atoms with Crippen LogP contribution < -0.4 is 10.1 Å². The SMILES string of the molecule is C[C@H]1COc2c(-c3nc(Nc4ccc(C(=O)N5CC[C@@H](N(C)C)C5)c(F)c4)ncc3Cl)cc(F)c3nc(C(C)(C)O)n1c23. The molecular formula is C30H32ClF2N7O3. The Labute approximate surface area is 252 Å².